The van der Waals surface area contributed by atoms with Crippen LogP contribution in [0.4, 0.5) is 0 Å². The summed E-state index contributed by atoms with van der Waals surface area (Å²) in [6.45, 7) is 17.4. The van der Waals surface area contributed by atoms with Gasteiger partial charge in [-0.25, -0.2) is 13.2 Å². The molecule has 2 bridgehead atoms. The van der Waals surface area contributed by atoms with E-state index in [4.69, 9.17) is 23.7 Å². The number of Topliss-reactive ketones (excluding diaryl/α,β-unsaturated/α-hetero) is 2. The van der Waals surface area contributed by atoms with Crippen molar-refractivity contribution in [2.45, 2.75) is 198 Å². The number of aliphatic hydroxyl groups excluding tert-OH is 2. The van der Waals surface area contributed by atoms with Gasteiger partial charge in [-0.15, -0.1) is 0 Å². The van der Waals surface area contributed by atoms with Crippen molar-refractivity contribution in [3.63, 3.8) is 0 Å². The molecule has 1 aliphatic carbocycles. The fourth-order valence-electron chi connectivity index (χ4n) is 11.4. The lowest BCUT2D eigenvalue weighted by Gasteiger charge is -2.43. The average Bonchev–Trinajstić information content (AvgIpc) is 3.69. The van der Waals surface area contributed by atoms with Crippen molar-refractivity contribution in [1.29, 1.82) is 0 Å². The molecular formula is C56H87NO14S. The maximum atomic E-state index is 14.5. The molecule has 4 heterocycles. The number of rotatable bonds is 8. The van der Waals surface area contributed by atoms with Crippen LogP contribution in [0.1, 0.15) is 138 Å². The lowest BCUT2D eigenvalue weighted by atomic mass is 9.78. The standard InChI is InChI=1S/C56H87NO14S/c1-34-17-12-11-13-18-35(2)48(69-33-44-19-16-26-72(44,65)66)31-43-23-21-40(7)56(64,71-43)53(61)54(62)57-25-15-14-20-45(57)55(63)70-49(38(5)29-42-22-24-46(58)50(30-42)67-9)32-47(59)37(4)28-39(6)51(60)52(68-10)41(8)36(3)27-34/h11-13,17-18,28,34,36-38,40,42-46,48-52,58,60,64H,8,14-16,19-27,29-33H2,1-7,9-10H3/b13-11+,17-12+,35-18+,39-28+. The number of hydrogen-bond donors (Lipinski definition) is 3. The smallest absolute Gasteiger partial charge is 0.329 e. The molecule has 1 saturated carbocycles. The van der Waals surface area contributed by atoms with Crippen molar-refractivity contribution in [1.82, 2.24) is 4.90 Å². The van der Waals surface area contributed by atoms with Crippen LogP contribution in [0.25, 0.3) is 0 Å². The molecule has 3 N–H and O–H groups in total. The van der Waals surface area contributed by atoms with Gasteiger partial charge in [0.1, 0.15) is 30.1 Å². The first-order valence-electron chi connectivity index (χ1n) is 26.6. The second kappa shape index (κ2) is 26.9. The van der Waals surface area contributed by atoms with Crippen LogP contribution >= 0.6 is 0 Å². The third-order valence-corrected chi connectivity index (χ3v) is 18.6. The molecule has 406 valence electrons. The Bertz CT molecular complexity index is 2120. The van der Waals surface area contributed by atoms with Gasteiger partial charge in [0.05, 0.1) is 42.0 Å². The van der Waals surface area contributed by atoms with Crippen LogP contribution in [0.2, 0.25) is 0 Å². The Labute approximate surface area is 429 Å². The maximum Gasteiger partial charge on any atom is 0.329 e. The predicted octanol–water partition coefficient (Wildman–Crippen LogP) is 7.12. The number of fused-ring (bicyclic) bond motifs is 3. The van der Waals surface area contributed by atoms with Crippen LogP contribution in [-0.2, 0) is 52.7 Å². The number of carbonyl (C=O) groups excluding carboxylic acids is 4. The summed E-state index contributed by atoms with van der Waals surface area (Å²) in [5, 5.41) is 33.7. The number of methoxy groups -OCH3 is 2. The van der Waals surface area contributed by atoms with E-state index in [1.54, 1.807) is 34.0 Å². The van der Waals surface area contributed by atoms with Gasteiger partial charge in [0.15, 0.2) is 9.84 Å². The summed E-state index contributed by atoms with van der Waals surface area (Å²) in [6, 6.07) is -1.17. The number of esters is 1. The van der Waals surface area contributed by atoms with Crippen LogP contribution in [0.15, 0.2) is 59.8 Å². The number of carbonyl (C=O) groups is 4. The van der Waals surface area contributed by atoms with Gasteiger partial charge in [-0.05, 0) is 131 Å². The Morgan fingerprint density at radius 2 is 1.62 bits per heavy atom. The van der Waals surface area contributed by atoms with Gasteiger partial charge in [-0.2, -0.15) is 0 Å². The number of amides is 1. The van der Waals surface area contributed by atoms with Crippen LogP contribution in [0.3, 0.4) is 0 Å². The predicted molar refractivity (Wildman–Crippen MR) is 275 cm³/mol. The monoisotopic (exact) mass is 1030 g/mol. The SMILES string of the molecule is C=C1C(C)CC(C)/C=C/C=C/C=C(\C)C(OCC2CCCS2(=O)=O)CC2CCC(C)C(O)(O2)C(=O)C(=O)N2CCCCC2C(=O)OC(C(C)CC2CCC(O)C(OC)C2)CC(=O)C(C)/C=C(\C)C(O)C1OC. The molecule has 4 aliphatic heterocycles. The van der Waals surface area contributed by atoms with E-state index >= 15 is 0 Å². The van der Waals surface area contributed by atoms with E-state index in [2.05, 4.69) is 19.6 Å². The molecule has 4 fully saturated rings. The minimum absolute atomic E-state index is 0.0251. The maximum absolute atomic E-state index is 14.5. The molecule has 0 radical (unpaired) electrons. The Kier molecular flexibility index (Phi) is 22.3. The fraction of sp³-hybridized carbons (Fsp3) is 0.750. The molecule has 15 nitrogen and oxygen atoms in total. The molecule has 0 aromatic carbocycles. The van der Waals surface area contributed by atoms with Crippen LogP contribution < -0.4 is 0 Å². The van der Waals surface area contributed by atoms with Crippen LogP contribution in [0, 0.1) is 35.5 Å². The highest BCUT2D eigenvalue weighted by molar-refractivity contribution is 7.92. The van der Waals surface area contributed by atoms with Crippen molar-refractivity contribution in [2.75, 3.05) is 33.1 Å². The number of cyclic esters (lactones) is 1. The molecule has 1 amide bonds. The topological polar surface area (TPSA) is 212 Å². The first kappa shape index (κ1) is 59.5. The molecule has 16 unspecified atom stereocenters. The second-order valence-corrected chi connectivity index (χ2v) is 24.4. The van der Waals surface area contributed by atoms with E-state index in [-0.39, 0.29) is 73.7 Å². The first-order valence-corrected chi connectivity index (χ1v) is 28.3. The first-order chi connectivity index (χ1) is 34.0. The zero-order valence-electron chi connectivity index (χ0n) is 44.5. The van der Waals surface area contributed by atoms with E-state index in [1.807, 2.05) is 45.1 Å². The minimum Gasteiger partial charge on any atom is -0.460 e. The van der Waals surface area contributed by atoms with E-state index < -0.39 is 93.0 Å². The summed E-state index contributed by atoms with van der Waals surface area (Å²) in [7, 11) is -0.219. The summed E-state index contributed by atoms with van der Waals surface area (Å²) in [4.78, 5) is 58.8. The third-order valence-electron chi connectivity index (χ3n) is 16.4. The number of nitrogens with zero attached hydrogens (tertiary/aromatic N) is 1. The number of allylic oxidation sites excluding steroid dienone is 6. The van der Waals surface area contributed by atoms with Crippen LogP contribution in [0.5, 0.6) is 0 Å². The normalized spacial score (nSPS) is 40.5. The summed E-state index contributed by atoms with van der Waals surface area (Å²) in [6.07, 6.45) is 12.5. The molecule has 5 rings (SSSR count). The number of ether oxygens (including phenoxy) is 5. The highest BCUT2D eigenvalue weighted by atomic mass is 32.2. The van der Waals surface area contributed by atoms with Crippen molar-refractivity contribution in [3.8, 4) is 0 Å². The van der Waals surface area contributed by atoms with Crippen molar-refractivity contribution in [3.05, 3.63) is 59.8 Å². The van der Waals surface area contributed by atoms with Gasteiger partial charge in [0, 0.05) is 45.4 Å². The highest BCUT2D eigenvalue weighted by Gasteiger charge is 2.53. The van der Waals surface area contributed by atoms with Gasteiger partial charge in [-0.3, -0.25) is 14.4 Å². The molecule has 72 heavy (non-hydrogen) atoms. The largest absolute Gasteiger partial charge is 0.460 e. The van der Waals surface area contributed by atoms with Gasteiger partial charge in [0.25, 0.3) is 11.7 Å². The van der Waals surface area contributed by atoms with Gasteiger partial charge in [-0.1, -0.05) is 77.7 Å². The van der Waals surface area contributed by atoms with E-state index in [0.29, 0.717) is 75.4 Å². The summed E-state index contributed by atoms with van der Waals surface area (Å²) in [5.41, 5.74) is 2.01. The fourth-order valence-corrected chi connectivity index (χ4v) is 13.1. The number of aliphatic hydroxyl groups is 3. The Morgan fingerprint density at radius 3 is 2.31 bits per heavy atom. The second-order valence-electron chi connectivity index (χ2n) is 22.0. The van der Waals surface area contributed by atoms with E-state index in [9.17, 15) is 42.9 Å². The summed E-state index contributed by atoms with van der Waals surface area (Å²) in [5.74, 6) is -7.27. The van der Waals surface area contributed by atoms with Gasteiger partial charge < -0.3 is 43.9 Å². The molecule has 16 heteroatoms. The Balaban J connectivity index is 1.49. The molecule has 16 atom stereocenters. The number of piperidine rings is 1. The summed E-state index contributed by atoms with van der Waals surface area (Å²) < 4.78 is 56.0. The van der Waals surface area contributed by atoms with Crippen LogP contribution in [-0.4, -0.2) is 145 Å². The number of hydrogen-bond acceptors (Lipinski definition) is 14. The molecule has 3 saturated heterocycles. The number of sulfone groups is 1. The number of ketones is 2. The zero-order chi connectivity index (χ0) is 53.1. The highest BCUT2D eigenvalue weighted by Crippen LogP contribution is 2.38. The van der Waals surface area contributed by atoms with E-state index in [0.717, 1.165) is 12.0 Å². The third kappa shape index (κ3) is 15.4. The average molecular weight is 1030 g/mol. The lowest BCUT2D eigenvalue weighted by molar-refractivity contribution is -0.266. The molecule has 5 aliphatic rings. The molecular weight excluding hydrogens is 943 g/mol. The van der Waals surface area contributed by atoms with Gasteiger partial charge >= 0.3 is 5.97 Å². The molecule has 0 spiro atoms. The van der Waals surface area contributed by atoms with Crippen molar-refractivity contribution in [2.24, 2.45) is 35.5 Å². The lowest BCUT2D eigenvalue weighted by Crippen LogP contribution is -2.61. The minimum atomic E-state index is -3.31. The van der Waals surface area contributed by atoms with Crippen molar-refractivity contribution < 1.29 is 66.6 Å². The molecule has 0 aromatic heterocycles. The van der Waals surface area contributed by atoms with Gasteiger partial charge in [0.2, 0.25) is 5.79 Å². The van der Waals surface area contributed by atoms with Crippen molar-refractivity contribution >= 4 is 33.3 Å². The zero-order valence-corrected chi connectivity index (χ0v) is 45.4. The Morgan fingerprint density at radius 1 is 0.889 bits per heavy atom. The summed E-state index contributed by atoms with van der Waals surface area (Å²) >= 11 is 0. The van der Waals surface area contributed by atoms with E-state index in [1.165, 1.54) is 12.0 Å². The quantitative estimate of drug-likeness (QED) is 0.126. The molecule has 0 aromatic rings. The Hall–Kier alpha value is -3.35.